The zero-order chi connectivity index (χ0) is 9.26. The fraction of sp³-hybridized carbons (Fsp3) is 0.700. The Hall–Kier alpha value is -0.830. The minimum absolute atomic E-state index is 0.733. The highest BCUT2D eigenvalue weighted by Crippen LogP contribution is 2.36. The summed E-state index contributed by atoms with van der Waals surface area (Å²) in [6.45, 7) is 3.25. The predicted molar refractivity (Wildman–Crippen MR) is 52.6 cm³/mol. The third-order valence-corrected chi connectivity index (χ3v) is 2.91. The SMILES string of the molecule is CCNC1CC(c2ccnn2C)C1. The van der Waals surface area contributed by atoms with Gasteiger partial charge >= 0.3 is 0 Å². The van der Waals surface area contributed by atoms with E-state index in [0.29, 0.717) is 0 Å². The van der Waals surface area contributed by atoms with E-state index in [1.807, 2.05) is 17.9 Å². The van der Waals surface area contributed by atoms with Crippen LogP contribution < -0.4 is 5.32 Å². The second-order valence-corrected chi connectivity index (χ2v) is 3.80. The van der Waals surface area contributed by atoms with E-state index < -0.39 is 0 Å². The van der Waals surface area contributed by atoms with Gasteiger partial charge in [0.1, 0.15) is 0 Å². The summed E-state index contributed by atoms with van der Waals surface area (Å²) >= 11 is 0. The Morgan fingerprint density at radius 1 is 1.62 bits per heavy atom. The molecule has 0 bridgehead atoms. The summed E-state index contributed by atoms with van der Waals surface area (Å²) in [5, 5.41) is 7.65. The van der Waals surface area contributed by atoms with Crippen LogP contribution in [0.15, 0.2) is 12.3 Å². The normalized spacial score (nSPS) is 27.2. The average molecular weight is 179 g/mol. The van der Waals surface area contributed by atoms with Gasteiger partial charge in [0.15, 0.2) is 0 Å². The van der Waals surface area contributed by atoms with E-state index >= 15 is 0 Å². The molecular formula is C10H17N3. The topological polar surface area (TPSA) is 29.9 Å². The number of hydrogen-bond acceptors (Lipinski definition) is 2. The van der Waals surface area contributed by atoms with Gasteiger partial charge in [0.05, 0.1) is 0 Å². The van der Waals surface area contributed by atoms with Gasteiger partial charge in [0.2, 0.25) is 0 Å². The Kier molecular flexibility index (Phi) is 2.36. The molecule has 13 heavy (non-hydrogen) atoms. The summed E-state index contributed by atoms with van der Waals surface area (Å²) in [6.07, 6.45) is 4.43. The van der Waals surface area contributed by atoms with Crippen molar-refractivity contribution in [2.75, 3.05) is 6.54 Å². The summed E-state index contributed by atoms with van der Waals surface area (Å²) in [5.41, 5.74) is 1.38. The minimum Gasteiger partial charge on any atom is -0.314 e. The summed E-state index contributed by atoms with van der Waals surface area (Å²) in [5.74, 6) is 0.733. The fourth-order valence-electron chi connectivity index (χ4n) is 2.10. The van der Waals surface area contributed by atoms with Crippen molar-refractivity contribution in [1.29, 1.82) is 0 Å². The van der Waals surface area contributed by atoms with Crippen molar-refractivity contribution in [2.24, 2.45) is 7.05 Å². The molecule has 0 saturated heterocycles. The molecule has 1 aliphatic rings. The summed E-state index contributed by atoms with van der Waals surface area (Å²) in [4.78, 5) is 0. The van der Waals surface area contributed by atoms with E-state index in [4.69, 9.17) is 0 Å². The molecule has 0 spiro atoms. The molecule has 1 aliphatic carbocycles. The first-order chi connectivity index (χ1) is 6.31. The second kappa shape index (κ2) is 3.50. The monoisotopic (exact) mass is 179 g/mol. The molecule has 1 N–H and O–H groups in total. The van der Waals surface area contributed by atoms with Crippen LogP contribution in [-0.2, 0) is 7.05 Å². The van der Waals surface area contributed by atoms with E-state index in [1.54, 1.807) is 0 Å². The molecule has 1 heterocycles. The molecule has 0 aromatic carbocycles. The zero-order valence-electron chi connectivity index (χ0n) is 8.33. The summed E-state index contributed by atoms with van der Waals surface area (Å²) in [6, 6.07) is 2.87. The van der Waals surface area contributed by atoms with Crippen molar-refractivity contribution in [2.45, 2.75) is 31.7 Å². The van der Waals surface area contributed by atoms with Crippen LogP contribution in [0.3, 0.4) is 0 Å². The summed E-state index contributed by atoms with van der Waals surface area (Å²) in [7, 11) is 2.02. The van der Waals surface area contributed by atoms with Crippen LogP contribution in [0.25, 0.3) is 0 Å². The van der Waals surface area contributed by atoms with E-state index in [-0.39, 0.29) is 0 Å². The van der Waals surface area contributed by atoms with Crippen LogP contribution in [-0.4, -0.2) is 22.4 Å². The molecule has 0 unspecified atom stereocenters. The van der Waals surface area contributed by atoms with Gasteiger partial charge in [-0.25, -0.2) is 0 Å². The van der Waals surface area contributed by atoms with Crippen molar-refractivity contribution in [3.8, 4) is 0 Å². The highest BCUT2D eigenvalue weighted by atomic mass is 15.3. The van der Waals surface area contributed by atoms with Gasteiger partial charge in [0.25, 0.3) is 0 Å². The molecule has 1 aromatic rings. The molecule has 1 aromatic heterocycles. The van der Waals surface area contributed by atoms with Gasteiger partial charge in [-0.15, -0.1) is 0 Å². The highest BCUT2D eigenvalue weighted by molar-refractivity contribution is 5.13. The lowest BCUT2D eigenvalue weighted by molar-refractivity contribution is 0.285. The summed E-state index contributed by atoms with van der Waals surface area (Å²) < 4.78 is 1.99. The Balaban J connectivity index is 1.90. The van der Waals surface area contributed by atoms with Crippen molar-refractivity contribution in [3.63, 3.8) is 0 Å². The van der Waals surface area contributed by atoms with Crippen LogP contribution in [0.1, 0.15) is 31.4 Å². The van der Waals surface area contributed by atoms with Gasteiger partial charge in [-0.2, -0.15) is 5.10 Å². The fourth-order valence-corrected chi connectivity index (χ4v) is 2.10. The number of hydrogen-bond donors (Lipinski definition) is 1. The largest absolute Gasteiger partial charge is 0.314 e. The number of aromatic nitrogens is 2. The standard InChI is InChI=1S/C10H17N3/c1-3-11-9-6-8(7-9)10-4-5-12-13(10)2/h4-5,8-9,11H,3,6-7H2,1-2H3. The van der Waals surface area contributed by atoms with Crippen LogP contribution in [0.5, 0.6) is 0 Å². The lowest BCUT2D eigenvalue weighted by atomic mass is 9.78. The van der Waals surface area contributed by atoms with Gasteiger partial charge in [0, 0.05) is 30.9 Å². The number of nitrogens with one attached hydrogen (secondary N) is 1. The Morgan fingerprint density at radius 2 is 2.38 bits per heavy atom. The predicted octanol–water partition coefficient (Wildman–Crippen LogP) is 1.28. The molecule has 3 nitrogen and oxygen atoms in total. The van der Waals surface area contributed by atoms with Crippen LogP contribution in [0.4, 0.5) is 0 Å². The van der Waals surface area contributed by atoms with Crippen molar-refractivity contribution < 1.29 is 0 Å². The number of nitrogens with zero attached hydrogens (tertiary/aromatic N) is 2. The lowest BCUT2D eigenvalue weighted by Gasteiger charge is -2.35. The van der Waals surface area contributed by atoms with E-state index in [1.165, 1.54) is 18.5 Å². The van der Waals surface area contributed by atoms with Crippen molar-refractivity contribution >= 4 is 0 Å². The van der Waals surface area contributed by atoms with Crippen molar-refractivity contribution in [3.05, 3.63) is 18.0 Å². The first kappa shape index (κ1) is 8.75. The maximum atomic E-state index is 4.19. The van der Waals surface area contributed by atoms with Gasteiger partial charge < -0.3 is 5.32 Å². The molecule has 0 amide bonds. The Morgan fingerprint density at radius 3 is 2.92 bits per heavy atom. The zero-order valence-corrected chi connectivity index (χ0v) is 8.33. The smallest absolute Gasteiger partial charge is 0.0492 e. The Labute approximate surface area is 79.1 Å². The third kappa shape index (κ3) is 1.61. The van der Waals surface area contributed by atoms with E-state index in [0.717, 1.165) is 18.5 Å². The molecule has 72 valence electrons. The quantitative estimate of drug-likeness (QED) is 0.757. The number of aryl methyl sites for hydroxylation is 1. The van der Waals surface area contributed by atoms with E-state index in [2.05, 4.69) is 23.4 Å². The lowest BCUT2D eigenvalue weighted by Crippen LogP contribution is -2.40. The molecule has 1 saturated carbocycles. The first-order valence-electron chi connectivity index (χ1n) is 5.02. The third-order valence-electron chi connectivity index (χ3n) is 2.91. The van der Waals surface area contributed by atoms with Crippen molar-refractivity contribution in [1.82, 2.24) is 15.1 Å². The van der Waals surface area contributed by atoms with Gasteiger partial charge in [-0.1, -0.05) is 6.92 Å². The minimum atomic E-state index is 0.733. The molecule has 0 atom stereocenters. The second-order valence-electron chi connectivity index (χ2n) is 3.80. The molecule has 3 heteroatoms. The maximum Gasteiger partial charge on any atom is 0.0492 e. The van der Waals surface area contributed by atoms with E-state index in [9.17, 15) is 0 Å². The number of rotatable bonds is 3. The first-order valence-corrected chi connectivity index (χ1v) is 5.02. The van der Waals surface area contributed by atoms with Gasteiger partial charge in [-0.05, 0) is 25.5 Å². The molecule has 0 aliphatic heterocycles. The molecule has 1 fully saturated rings. The molecule has 2 rings (SSSR count). The highest BCUT2D eigenvalue weighted by Gasteiger charge is 2.30. The maximum absolute atomic E-state index is 4.19. The Bertz CT molecular complexity index is 273. The van der Waals surface area contributed by atoms with Gasteiger partial charge in [-0.3, -0.25) is 4.68 Å². The van der Waals surface area contributed by atoms with Crippen LogP contribution >= 0.6 is 0 Å². The van der Waals surface area contributed by atoms with Crippen LogP contribution in [0, 0.1) is 0 Å². The van der Waals surface area contributed by atoms with Crippen LogP contribution in [0.2, 0.25) is 0 Å². The molecular weight excluding hydrogens is 162 g/mol. The molecule has 0 radical (unpaired) electrons. The average Bonchev–Trinajstić information content (AvgIpc) is 2.43.